The van der Waals surface area contributed by atoms with Gasteiger partial charge < -0.3 is 15.0 Å². The topological polar surface area (TPSA) is 71.8 Å². The molecule has 0 atom stereocenters. The van der Waals surface area contributed by atoms with E-state index in [4.69, 9.17) is 4.74 Å². The van der Waals surface area contributed by atoms with E-state index in [0.29, 0.717) is 6.54 Å². The highest BCUT2D eigenvalue weighted by atomic mass is 16.5. The van der Waals surface area contributed by atoms with Crippen LogP contribution in [0.15, 0.2) is 47.7 Å². The minimum Gasteiger partial charge on any atom is -0.469 e. The highest BCUT2D eigenvalue weighted by molar-refractivity contribution is 5.80. The summed E-state index contributed by atoms with van der Waals surface area (Å²) in [5.41, 5.74) is 2.45. The molecule has 7 nitrogen and oxygen atoms in total. The van der Waals surface area contributed by atoms with Crippen LogP contribution in [0.4, 0.5) is 0 Å². The Morgan fingerprint density at radius 3 is 2.63 bits per heavy atom. The summed E-state index contributed by atoms with van der Waals surface area (Å²) in [6, 6.07) is 10.3. The molecule has 1 aromatic heterocycles. The number of benzene rings is 1. The highest BCUT2D eigenvalue weighted by Crippen LogP contribution is 2.18. The van der Waals surface area contributed by atoms with Crippen LogP contribution in [0.25, 0.3) is 0 Å². The Balaban J connectivity index is 1.58. The molecular formula is C20H27N5O2. The molecule has 144 valence electrons. The van der Waals surface area contributed by atoms with Crippen LogP contribution >= 0.6 is 0 Å². The molecule has 1 aliphatic heterocycles. The normalized spacial score (nSPS) is 15.6. The predicted octanol–water partition coefficient (Wildman–Crippen LogP) is 1.89. The molecular weight excluding hydrogens is 342 g/mol. The molecule has 0 unspecified atom stereocenters. The van der Waals surface area contributed by atoms with Gasteiger partial charge in [-0.2, -0.15) is 5.10 Å². The molecule has 1 aromatic carbocycles. The fourth-order valence-corrected chi connectivity index (χ4v) is 3.45. The fourth-order valence-electron chi connectivity index (χ4n) is 3.45. The number of esters is 1. The summed E-state index contributed by atoms with van der Waals surface area (Å²) in [7, 11) is 3.25. The van der Waals surface area contributed by atoms with Crippen LogP contribution in [-0.4, -0.2) is 53.9 Å². The van der Waals surface area contributed by atoms with Crippen molar-refractivity contribution in [3.63, 3.8) is 0 Å². The second kappa shape index (κ2) is 9.21. The number of hydrogen-bond donors (Lipinski definition) is 1. The average Bonchev–Trinajstić information content (AvgIpc) is 3.22. The standard InChI is InChI=1S/C20H27N5O2/c1-21-20(24-12-8-16(9-13-24)19(26)27-2)22-14-17-6-3-4-7-18(17)15-25-11-5-10-23-25/h3-7,10-11,16H,8-9,12-15H2,1-2H3,(H,21,22). The van der Waals surface area contributed by atoms with Crippen LogP contribution in [0.5, 0.6) is 0 Å². The van der Waals surface area contributed by atoms with Crippen molar-refractivity contribution in [1.82, 2.24) is 20.0 Å². The second-order valence-electron chi connectivity index (χ2n) is 6.66. The Labute approximate surface area is 160 Å². The van der Waals surface area contributed by atoms with Crippen LogP contribution in [-0.2, 0) is 22.6 Å². The molecule has 1 saturated heterocycles. The quantitative estimate of drug-likeness (QED) is 0.495. The number of carbonyl (C=O) groups is 1. The summed E-state index contributed by atoms with van der Waals surface area (Å²) in [6.07, 6.45) is 5.35. The first-order valence-electron chi connectivity index (χ1n) is 9.29. The van der Waals surface area contributed by atoms with Crippen LogP contribution < -0.4 is 5.32 Å². The number of carbonyl (C=O) groups excluding carboxylic acids is 1. The van der Waals surface area contributed by atoms with Gasteiger partial charge in [-0.15, -0.1) is 0 Å². The number of aliphatic imine (C=N–C) groups is 1. The zero-order valence-corrected chi connectivity index (χ0v) is 16.0. The Bertz CT molecular complexity index is 764. The van der Waals surface area contributed by atoms with Crippen molar-refractivity contribution in [2.75, 3.05) is 27.2 Å². The van der Waals surface area contributed by atoms with Gasteiger partial charge in [-0.25, -0.2) is 0 Å². The van der Waals surface area contributed by atoms with Crippen LogP contribution in [0.1, 0.15) is 24.0 Å². The maximum absolute atomic E-state index is 11.7. The number of hydrogen-bond acceptors (Lipinski definition) is 4. The van der Waals surface area contributed by atoms with E-state index in [1.807, 2.05) is 23.0 Å². The largest absolute Gasteiger partial charge is 0.469 e. The molecule has 0 bridgehead atoms. The van der Waals surface area contributed by atoms with E-state index in [9.17, 15) is 4.79 Å². The van der Waals surface area contributed by atoms with Gasteiger partial charge in [-0.05, 0) is 30.0 Å². The third-order valence-electron chi connectivity index (χ3n) is 4.99. The monoisotopic (exact) mass is 369 g/mol. The fraction of sp³-hybridized carbons (Fsp3) is 0.450. The summed E-state index contributed by atoms with van der Waals surface area (Å²) in [5, 5.41) is 7.76. The molecule has 0 radical (unpaired) electrons. The summed E-state index contributed by atoms with van der Waals surface area (Å²) in [5.74, 6) is 0.761. The average molecular weight is 369 g/mol. The molecule has 0 saturated carbocycles. The Morgan fingerprint density at radius 1 is 1.26 bits per heavy atom. The first-order chi connectivity index (χ1) is 13.2. The van der Waals surface area contributed by atoms with Crippen molar-refractivity contribution >= 4 is 11.9 Å². The van der Waals surface area contributed by atoms with Crippen LogP contribution in [0.3, 0.4) is 0 Å². The van der Waals surface area contributed by atoms with Crippen LogP contribution in [0.2, 0.25) is 0 Å². The minimum atomic E-state index is -0.106. The number of nitrogens with one attached hydrogen (secondary N) is 1. The second-order valence-corrected chi connectivity index (χ2v) is 6.66. The molecule has 1 aliphatic rings. The number of aromatic nitrogens is 2. The lowest BCUT2D eigenvalue weighted by atomic mass is 9.97. The highest BCUT2D eigenvalue weighted by Gasteiger charge is 2.26. The van der Waals surface area contributed by atoms with E-state index in [0.717, 1.165) is 38.4 Å². The number of nitrogens with zero attached hydrogens (tertiary/aromatic N) is 4. The zero-order valence-electron chi connectivity index (χ0n) is 16.0. The maximum Gasteiger partial charge on any atom is 0.308 e. The van der Waals surface area contributed by atoms with Crippen LogP contribution in [0, 0.1) is 5.92 Å². The third kappa shape index (κ3) is 4.87. The molecule has 0 aliphatic carbocycles. The van der Waals surface area contributed by atoms with Crippen molar-refractivity contribution in [3.8, 4) is 0 Å². The van der Waals surface area contributed by atoms with Gasteiger partial charge in [-0.1, -0.05) is 24.3 Å². The van der Waals surface area contributed by atoms with E-state index < -0.39 is 0 Å². The molecule has 2 heterocycles. The lowest BCUT2D eigenvalue weighted by Crippen LogP contribution is -2.46. The first kappa shape index (κ1) is 18.9. The number of ether oxygens (including phenoxy) is 1. The smallest absolute Gasteiger partial charge is 0.308 e. The molecule has 7 heteroatoms. The SMILES string of the molecule is CN=C(NCc1ccccc1Cn1cccn1)N1CCC(C(=O)OC)CC1. The molecule has 1 fully saturated rings. The van der Waals surface area contributed by atoms with E-state index in [-0.39, 0.29) is 11.9 Å². The number of methoxy groups -OCH3 is 1. The summed E-state index contributed by atoms with van der Waals surface area (Å²) < 4.78 is 6.78. The Kier molecular flexibility index (Phi) is 6.46. The molecule has 27 heavy (non-hydrogen) atoms. The van der Waals surface area contributed by atoms with Gasteiger partial charge >= 0.3 is 5.97 Å². The molecule has 0 spiro atoms. The van der Waals surface area contributed by atoms with Crippen molar-refractivity contribution in [1.29, 1.82) is 0 Å². The van der Waals surface area contributed by atoms with E-state index >= 15 is 0 Å². The van der Waals surface area contributed by atoms with Gasteiger partial charge in [0.1, 0.15) is 0 Å². The van der Waals surface area contributed by atoms with Crippen molar-refractivity contribution < 1.29 is 9.53 Å². The number of guanidine groups is 1. The third-order valence-corrected chi connectivity index (χ3v) is 4.99. The maximum atomic E-state index is 11.7. The molecule has 1 N–H and O–H groups in total. The predicted molar refractivity (Wildman–Crippen MR) is 104 cm³/mol. The Morgan fingerprint density at radius 2 is 2.00 bits per heavy atom. The number of piperidine rings is 1. The Hall–Kier alpha value is -2.83. The van der Waals surface area contributed by atoms with E-state index in [1.54, 1.807) is 13.2 Å². The number of rotatable bonds is 5. The molecule has 0 amide bonds. The van der Waals surface area contributed by atoms with Gasteiger partial charge in [0, 0.05) is 39.1 Å². The van der Waals surface area contributed by atoms with Gasteiger partial charge in [0.15, 0.2) is 5.96 Å². The van der Waals surface area contributed by atoms with E-state index in [1.165, 1.54) is 18.2 Å². The lowest BCUT2D eigenvalue weighted by molar-refractivity contribution is -0.146. The van der Waals surface area contributed by atoms with Crippen molar-refractivity contribution in [2.45, 2.75) is 25.9 Å². The molecule has 3 rings (SSSR count). The first-order valence-corrected chi connectivity index (χ1v) is 9.29. The van der Waals surface area contributed by atoms with Gasteiger partial charge in [0.2, 0.25) is 0 Å². The summed E-state index contributed by atoms with van der Waals surface area (Å²) in [4.78, 5) is 18.3. The number of likely N-dealkylation sites (tertiary alicyclic amines) is 1. The van der Waals surface area contributed by atoms with Gasteiger partial charge in [0.25, 0.3) is 0 Å². The molecule has 2 aromatic rings. The zero-order chi connectivity index (χ0) is 19.1. The van der Waals surface area contributed by atoms with Crippen molar-refractivity contribution in [2.24, 2.45) is 10.9 Å². The minimum absolute atomic E-state index is 0.000784. The summed E-state index contributed by atoms with van der Waals surface area (Å²) in [6.45, 7) is 3.04. The lowest BCUT2D eigenvalue weighted by Gasteiger charge is -2.33. The van der Waals surface area contributed by atoms with Crippen molar-refractivity contribution in [3.05, 3.63) is 53.9 Å². The van der Waals surface area contributed by atoms with E-state index in [2.05, 4.69) is 38.5 Å². The van der Waals surface area contributed by atoms with Gasteiger partial charge in [0.05, 0.1) is 19.6 Å². The summed E-state index contributed by atoms with van der Waals surface area (Å²) >= 11 is 0. The van der Waals surface area contributed by atoms with Gasteiger partial charge in [-0.3, -0.25) is 14.5 Å².